The maximum absolute atomic E-state index is 11.7. The van der Waals surface area contributed by atoms with E-state index in [2.05, 4.69) is 23.6 Å². The SMILES string of the molecule is CCCNCc1ccc(N2CCCNC(=O)C2)c(C#N)c1. The molecule has 1 aromatic carbocycles. The Bertz CT molecular complexity index is 536. The van der Waals surface area contributed by atoms with Gasteiger partial charge in [-0.1, -0.05) is 13.0 Å². The van der Waals surface area contributed by atoms with Crippen molar-refractivity contribution >= 4 is 11.6 Å². The van der Waals surface area contributed by atoms with Gasteiger partial charge in [-0.3, -0.25) is 4.79 Å². The lowest BCUT2D eigenvalue weighted by Crippen LogP contribution is -2.33. The van der Waals surface area contributed by atoms with Crippen molar-refractivity contribution in [3.8, 4) is 6.07 Å². The van der Waals surface area contributed by atoms with Crippen molar-refractivity contribution in [1.29, 1.82) is 5.26 Å². The van der Waals surface area contributed by atoms with Gasteiger partial charge in [0, 0.05) is 19.6 Å². The average molecular weight is 286 g/mol. The van der Waals surface area contributed by atoms with Gasteiger partial charge in [0.1, 0.15) is 6.07 Å². The Labute approximate surface area is 125 Å². The number of anilines is 1. The monoisotopic (exact) mass is 286 g/mol. The van der Waals surface area contributed by atoms with Crippen LogP contribution < -0.4 is 15.5 Å². The zero-order valence-corrected chi connectivity index (χ0v) is 12.5. The van der Waals surface area contributed by atoms with E-state index in [4.69, 9.17) is 0 Å². The molecule has 1 aromatic rings. The van der Waals surface area contributed by atoms with Crippen LogP contribution in [0, 0.1) is 11.3 Å². The molecule has 1 fully saturated rings. The van der Waals surface area contributed by atoms with Gasteiger partial charge in [0.05, 0.1) is 17.8 Å². The lowest BCUT2D eigenvalue weighted by molar-refractivity contribution is -0.119. The maximum Gasteiger partial charge on any atom is 0.239 e. The first-order valence-corrected chi connectivity index (χ1v) is 7.50. The molecule has 0 atom stereocenters. The third-order valence-electron chi connectivity index (χ3n) is 3.54. The number of nitriles is 1. The summed E-state index contributed by atoms with van der Waals surface area (Å²) in [4.78, 5) is 13.7. The Morgan fingerprint density at radius 1 is 1.48 bits per heavy atom. The van der Waals surface area contributed by atoms with E-state index in [1.165, 1.54) is 0 Å². The largest absolute Gasteiger partial charge is 0.361 e. The van der Waals surface area contributed by atoms with Gasteiger partial charge in [0.25, 0.3) is 0 Å². The summed E-state index contributed by atoms with van der Waals surface area (Å²) in [5.74, 6) is 0.0186. The topological polar surface area (TPSA) is 68.2 Å². The van der Waals surface area contributed by atoms with E-state index < -0.39 is 0 Å². The fourth-order valence-corrected chi connectivity index (χ4v) is 2.48. The predicted molar refractivity (Wildman–Crippen MR) is 83.0 cm³/mol. The number of rotatable bonds is 5. The molecule has 112 valence electrons. The first kappa shape index (κ1) is 15.3. The van der Waals surface area contributed by atoms with Crippen LogP contribution in [0.4, 0.5) is 5.69 Å². The molecule has 5 heteroatoms. The number of nitrogens with zero attached hydrogens (tertiary/aromatic N) is 2. The van der Waals surface area contributed by atoms with E-state index >= 15 is 0 Å². The third-order valence-corrected chi connectivity index (χ3v) is 3.54. The highest BCUT2D eigenvalue weighted by atomic mass is 16.2. The van der Waals surface area contributed by atoms with Crippen molar-refractivity contribution in [1.82, 2.24) is 10.6 Å². The second-order valence-corrected chi connectivity index (χ2v) is 5.27. The Balaban J connectivity index is 2.15. The van der Waals surface area contributed by atoms with E-state index in [1.807, 2.05) is 23.1 Å². The second kappa shape index (κ2) is 7.65. The zero-order valence-electron chi connectivity index (χ0n) is 12.5. The van der Waals surface area contributed by atoms with Gasteiger partial charge < -0.3 is 15.5 Å². The standard InChI is InChI=1S/C16H22N4O/c1-2-6-18-11-13-4-5-15(14(9-13)10-17)20-8-3-7-19-16(21)12-20/h4-5,9,18H,2-3,6-8,11-12H2,1H3,(H,19,21). The minimum atomic E-state index is 0.0186. The number of nitrogens with one attached hydrogen (secondary N) is 2. The molecule has 0 spiro atoms. The second-order valence-electron chi connectivity index (χ2n) is 5.27. The van der Waals surface area contributed by atoms with Crippen LogP contribution in [-0.2, 0) is 11.3 Å². The molecule has 1 saturated heterocycles. The number of benzene rings is 1. The summed E-state index contributed by atoms with van der Waals surface area (Å²) in [7, 11) is 0. The van der Waals surface area contributed by atoms with Crippen LogP contribution >= 0.6 is 0 Å². The van der Waals surface area contributed by atoms with Crippen LogP contribution in [0.5, 0.6) is 0 Å². The molecule has 0 radical (unpaired) electrons. The van der Waals surface area contributed by atoms with Crippen LogP contribution in [0.3, 0.4) is 0 Å². The van der Waals surface area contributed by atoms with Gasteiger partial charge in [-0.2, -0.15) is 5.26 Å². The molecule has 0 aromatic heterocycles. The molecule has 0 bridgehead atoms. The van der Waals surface area contributed by atoms with Gasteiger partial charge in [-0.05, 0) is 37.1 Å². The molecular formula is C16H22N4O. The van der Waals surface area contributed by atoms with Crippen LogP contribution in [0.15, 0.2) is 18.2 Å². The highest BCUT2D eigenvalue weighted by Gasteiger charge is 2.17. The summed E-state index contributed by atoms with van der Waals surface area (Å²) in [6.45, 7) is 5.68. The van der Waals surface area contributed by atoms with E-state index in [9.17, 15) is 10.1 Å². The van der Waals surface area contributed by atoms with Crippen molar-refractivity contribution in [2.75, 3.05) is 31.1 Å². The van der Waals surface area contributed by atoms with Gasteiger partial charge in [0.2, 0.25) is 5.91 Å². The van der Waals surface area contributed by atoms with E-state index in [0.29, 0.717) is 18.7 Å². The Kier molecular flexibility index (Phi) is 5.59. The van der Waals surface area contributed by atoms with Gasteiger partial charge in [-0.25, -0.2) is 0 Å². The third kappa shape index (κ3) is 4.20. The number of hydrogen-bond acceptors (Lipinski definition) is 4. The lowest BCUT2D eigenvalue weighted by Gasteiger charge is -2.22. The number of amides is 1. The summed E-state index contributed by atoms with van der Waals surface area (Å²) >= 11 is 0. The molecule has 2 rings (SSSR count). The molecule has 1 amide bonds. The molecule has 0 aliphatic carbocycles. The zero-order chi connectivity index (χ0) is 15.1. The maximum atomic E-state index is 11.7. The normalized spacial score (nSPS) is 15.2. The molecule has 5 nitrogen and oxygen atoms in total. The summed E-state index contributed by atoms with van der Waals surface area (Å²) < 4.78 is 0. The minimum absolute atomic E-state index is 0.0186. The lowest BCUT2D eigenvalue weighted by atomic mass is 10.1. The summed E-state index contributed by atoms with van der Waals surface area (Å²) in [5.41, 5.74) is 2.59. The van der Waals surface area contributed by atoms with E-state index in [1.54, 1.807) is 0 Å². The van der Waals surface area contributed by atoms with Crippen molar-refractivity contribution < 1.29 is 4.79 Å². The first-order chi connectivity index (χ1) is 10.2. The smallest absolute Gasteiger partial charge is 0.239 e. The molecule has 1 aliphatic heterocycles. The fourth-order valence-electron chi connectivity index (χ4n) is 2.48. The minimum Gasteiger partial charge on any atom is -0.361 e. The van der Waals surface area contributed by atoms with Gasteiger partial charge >= 0.3 is 0 Å². The van der Waals surface area contributed by atoms with E-state index in [-0.39, 0.29) is 5.91 Å². The number of hydrogen-bond donors (Lipinski definition) is 2. The molecule has 21 heavy (non-hydrogen) atoms. The van der Waals surface area contributed by atoms with Crippen LogP contribution in [0.25, 0.3) is 0 Å². The van der Waals surface area contributed by atoms with Crippen molar-refractivity contribution in [2.45, 2.75) is 26.3 Å². The molecule has 2 N–H and O–H groups in total. The molecule has 0 unspecified atom stereocenters. The molecule has 1 heterocycles. The summed E-state index contributed by atoms with van der Waals surface area (Å²) in [6, 6.07) is 8.16. The first-order valence-electron chi connectivity index (χ1n) is 7.50. The number of carbonyl (C=O) groups excluding carboxylic acids is 1. The molecule has 0 saturated carbocycles. The predicted octanol–water partition coefficient (Wildman–Crippen LogP) is 1.38. The highest BCUT2D eigenvalue weighted by molar-refractivity contribution is 5.82. The van der Waals surface area contributed by atoms with Crippen molar-refractivity contribution in [2.24, 2.45) is 0 Å². The average Bonchev–Trinajstić information content (AvgIpc) is 2.72. The Morgan fingerprint density at radius 3 is 3.10 bits per heavy atom. The number of carbonyl (C=O) groups is 1. The highest BCUT2D eigenvalue weighted by Crippen LogP contribution is 2.22. The Morgan fingerprint density at radius 2 is 2.33 bits per heavy atom. The van der Waals surface area contributed by atoms with Crippen LogP contribution in [0.1, 0.15) is 30.9 Å². The Hall–Kier alpha value is -2.06. The van der Waals surface area contributed by atoms with Crippen LogP contribution in [0.2, 0.25) is 0 Å². The fraction of sp³-hybridized carbons (Fsp3) is 0.500. The summed E-state index contributed by atoms with van der Waals surface area (Å²) in [6.07, 6.45) is 1.99. The van der Waals surface area contributed by atoms with Crippen LogP contribution in [-0.4, -0.2) is 32.1 Å². The summed E-state index contributed by atoms with van der Waals surface area (Å²) in [5, 5.41) is 15.6. The van der Waals surface area contributed by atoms with E-state index in [0.717, 1.165) is 43.7 Å². The molecule has 1 aliphatic rings. The van der Waals surface area contributed by atoms with Gasteiger partial charge in [-0.15, -0.1) is 0 Å². The van der Waals surface area contributed by atoms with Gasteiger partial charge in [0.15, 0.2) is 0 Å². The van der Waals surface area contributed by atoms with Crippen molar-refractivity contribution in [3.63, 3.8) is 0 Å². The molecular weight excluding hydrogens is 264 g/mol. The quantitative estimate of drug-likeness (QED) is 0.803. The van der Waals surface area contributed by atoms with Crippen molar-refractivity contribution in [3.05, 3.63) is 29.3 Å².